The highest BCUT2D eigenvalue weighted by molar-refractivity contribution is 5.84. The van der Waals surface area contributed by atoms with Crippen LogP contribution in [0.25, 0.3) is 27.9 Å². The van der Waals surface area contributed by atoms with Crippen molar-refractivity contribution in [1.29, 1.82) is 0 Å². The van der Waals surface area contributed by atoms with Gasteiger partial charge in [0.2, 0.25) is 11.7 Å². The summed E-state index contributed by atoms with van der Waals surface area (Å²) in [4.78, 5) is 20.2. The Hall–Kier alpha value is -3.26. The normalized spacial score (nSPS) is 12.7. The molecule has 1 aromatic carbocycles. The van der Waals surface area contributed by atoms with Crippen LogP contribution in [0.3, 0.4) is 0 Å². The first kappa shape index (κ1) is 14.3. The van der Waals surface area contributed by atoms with Crippen molar-refractivity contribution in [2.75, 3.05) is 0 Å². The molecule has 0 saturated heterocycles. The lowest BCUT2D eigenvalue weighted by atomic mass is 10.0. The van der Waals surface area contributed by atoms with Crippen LogP contribution < -0.4 is 11.5 Å². The van der Waals surface area contributed by atoms with Gasteiger partial charge >= 0.3 is 0 Å². The number of nitrogens with one attached hydrogen (secondary N) is 1. The molecule has 1 atom stereocenters. The van der Waals surface area contributed by atoms with Gasteiger partial charge in [0, 0.05) is 29.8 Å². The number of fused-ring (bicyclic) bond motifs is 2. The number of hydrogen-bond acceptors (Lipinski definition) is 5. The topological polar surface area (TPSA) is 128 Å². The van der Waals surface area contributed by atoms with Gasteiger partial charge in [0.1, 0.15) is 0 Å². The van der Waals surface area contributed by atoms with Crippen molar-refractivity contribution in [2.45, 2.75) is 12.5 Å². The van der Waals surface area contributed by atoms with E-state index in [1.165, 1.54) is 0 Å². The Labute approximate surface area is 136 Å². The quantitative estimate of drug-likeness (QED) is 0.519. The lowest BCUT2D eigenvalue weighted by Crippen LogP contribution is -2.22. The molecule has 0 bridgehead atoms. The number of aromatic nitrogens is 5. The third-order valence-electron chi connectivity index (χ3n) is 3.93. The SMILES string of the molecule is NC(=O)CC(N)c1c(-c2ccc3[nH]ncc3c2)nc2ncccn12. The minimum atomic E-state index is -0.572. The van der Waals surface area contributed by atoms with Gasteiger partial charge in [-0.05, 0) is 18.2 Å². The van der Waals surface area contributed by atoms with E-state index in [-0.39, 0.29) is 6.42 Å². The van der Waals surface area contributed by atoms with Gasteiger partial charge in [0.05, 0.1) is 29.1 Å². The van der Waals surface area contributed by atoms with Crippen LogP contribution in [0.4, 0.5) is 0 Å². The zero-order valence-electron chi connectivity index (χ0n) is 12.7. The van der Waals surface area contributed by atoms with Gasteiger partial charge in [-0.15, -0.1) is 0 Å². The summed E-state index contributed by atoms with van der Waals surface area (Å²) in [5.74, 6) is 0.0623. The summed E-state index contributed by atoms with van der Waals surface area (Å²) in [5.41, 5.74) is 14.8. The minimum Gasteiger partial charge on any atom is -0.370 e. The Morgan fingerprint density at radius 2 is 2.25 bits per heavy atom. The molecule has 0 spiro atoms. The van der Waals surface area contributed by atoms with Crippen molar-refractivity contribution in [3.8, 4) is 11.3 Å². The molecule has 1 unspecified atom stereocenters. The van der Waals surface area contributed by atoms with Crippen LogP contribution in [0, 0.1) is 0 Å². The maximum atomic E-state index is 11.3. The molecule has 24 heavy (non-hydrogen) atoms. The first-order valence-corrected chi connectivity index (χ1v) is 7.44. The number of amides is 1. The van der Waals surface area contributed by atoms with E-state index in [1.54, 1.807) is 22.9 Å². The van der Waals surface area contributed by atoms with Crippen LogP contribution in [0.1, 0.15) is 18.2 Å². The highest BCUT2D eigenvalue weighted by Gasteiger charge is 2.22. The van der Waals surface area contributed by atoms with E-state index in [4.69, 9.17) is 11.5 Å². The monoisotopic (exact) mass is 321 g/mol. The standard InChI is InChI=1S/C16H15N7O/c17-11(7-13(18)24)15-14(21-16-19-4-1-5-23(15)16)9-2-3-12-10(6-9)8-20-22-12/h1-6,8,11H,7,17H2,(H2,18,24)(H,20,22). The summed E-state index contributed by atoms with van der Waals surface area (Å²) >= 11 is 0. The summed E-state index contributed by atoms with van der Waals surface area (Å²) in [6, 6.07) is 7.05. The lowest BCUT2D eigenvalue weighted by molar-refractivity contribution is -0.118. The fourth-order valence-electron chi connectivity index (χ4n) is 2.88. The third kappa shape index (κ3) is 2.29. The number of primary amides is 1. The Balaban J connectivity index is 1.94. The molecule has 3 aromatic heterocycles. The number of nitrogens with two attached hydrogens (primary N) is 2. The summed E-state index contributed by atoms with van der Waals surface area (Å²) in [5, 5.41) is 7.91. The number of nitrogens with zero attached hydrogens (tertiary/aromatic N) is 4. The van der Waals surface area contributed by atoms with Crippen LogP contribution >= 0.6 is 0 Å². The molecule has 0 aliphatic rings. The average molecular weight is 321 g/mol. The van der Waals surface area contributed by atoms with E-state index >= 15 is 0 Å². The summed E-state index contributed by atoms with van der Waals surface area (Å²) in [6.07, 6.45) is 5.26. The van der Waals surface area contributed by atoms with Crippen molar-refractivity contribution < 1.29 is 4.79 Å². The van der Waals surface area contributed by atoms with Gasteiger partial charge in [-0.3, -0.25) is 14.3 Å². The van der Waals surface area contributed by atoms with E-state index in [0.717, 1.165) is 16.5 Å². The van der Waals surface area contributed by atoms with Gasteiger partial charge in [-0.25, -0.2) is 9.97 Å². The predicted octanol–water partition coefficient (Wildman–Crippen LogP) is 1.15. The maximum absolute atomic E-state index is 11.3. The number of carbonyl (C=O) groups is 1. The first-order chi connectivity index (χ1) is 11.6. The summed E-state index contributed by atoms with van der Waals surface area (Å²) in [6.45, 7) is 0. The predicted molar refractivity (Wildman–Crippen MR) is 88.8 cm³/mol. The molecule has 8 heteroatoms. The third-order valence-corrected chi connectivity index (χ3v) is 3.93. The second-order valence-corrected chi connectivity index (χ2v) is 5.58. The second kappa shape index (κ2) is 5.43. The lowest BCUT2D eigenvalue weighted by Gasteiger charge is -2.12. The number of carbonyl (C=O) groups excluding carboxylic acids is 1. The van der Waals surface area contributed by atoms with Gasteiger partial charge in [0.15, 0.2) is 0 Å². The number of hydrogen-bond donors (Lipinski definition) is 3. The highest BCUT2D eigenvalue weighted by atomic mass is 16.1. The van der Waals surface area contributed by atoms with Crippen LogP contribution in [-0.4, -0.2) is 30.5 Å². The molecule has 5 N–H and O–H groups in total. The molecule has 4 rings (SSSR count). The van der Waals surface area contributed by atoms with E-state index in [9.17, 15) is 4.79 Å². The van der Waals surface area contributed by atoms with E-state index in [0.29, 0.717) is 17.2 Å². The molecule has 0 radical (unpaired) electrons. The van der Waals surface area contributed by atoms with Crippen LogP contribution in [0.15, 0.2) is 42.9 Å². The van der Waals surface area contributed by atoms with Crippen molar-refractivity contribution in [3.05, 3.63) is 48.5 Å². The smallest absolute Gasteiger partial charge is 0.234 e. The van der Waals surface area contributed by atoms with Gasteiger partial charge in [0.25, 0.3) is 0 Å². The fourth-order valence-corrected chi connectivity index (χ4v) is 2.88. The molecule has 1 amide bonds. The Morgan fingerprint density at radius 3 is 3.08 bits per heavy atom. The van der Waals surface area contributed by atoms with Crippen molar-refractivity contribution in [1.82, 2.24) is 24.6 Å². The Kier molecular flexibility index (Phi) is 3.24. The molecule has 0 aliphatic heterocycles. The summed E-state index contributed by atoms with van der Waals surface area (Å²) < 4.78 is 1.79. The number of imidazole rings is 1. The molecule has 8 nitrogen and oxygen atoms in total. The Bertz CT molecular complexity index is 1050. The van der Waals surface area contributed by atoms with Crippen molar-refractivity contribution >= 4 is 22.6 Å². The molecule has 3 heterocycles. The highest BCUT2D eigenvalue weighted by Crippen LogP contribution is 2.30. The molecule has 0 aliphatic carbocycles. The van der Waals surface area contributed by atoms with Gasteiger partial charge < -0.3 is 11.5 Å². The molecular formula is C16H15N7O. The largest absolute Gasteiger partial charge is 0.370 e. The van der Waals surface area contributed by atoms with Crippen LogP contribution in [0.5, 0.6) is 0 Å². The van der Waals surface area contributed by atoms with E-state index in [2.05, 4.69) is 20.2 Å². The fraction of sp³-hybridized carbons (Fsp3) is 0.125. The molecule has 120 valence electrons. The van der Waals surface area contributed by atoms with Gasteiger partial charge in [-0.1, -0.05) is 6.07 Å². The van der Waals surface area contributed by atoms with Crippen LogP contribution in [-0.2, 0) is 4.79 Å². The van der Waals surface area contributed by atoms with Crippen LogP contribution in [0.2, 0.25) is 0 Å². The second-order valence-electron chi connectivity index (χ2n) is 5.58. The van der Waals surface area contributed by atoms with E-state index < -0.39 is 11.9 Å². The minimum absolute atomic E-state index is 0.0314. The molecule has 0 saturated carbocycles. The zero-order chi connectivity index (χ0) is 16.7. The Morgan fingerprint density at radius 1 is 1.38 bits per heavy atom. The van der Waals surface area contributed by atoms with Gasteiger partial charge in [-0.2, -0.15) is 5.10 Å². The zero-order valence-corrected chi connectivity index (χ0v) is 12.7. The molecular weight excluding hydrogens is 306 g/mol. The van der Waals surface area contributed by atoms with E-state index in [1.807, 2.05) is 24.4 Å². The number of rotatable bonds is 4. The maximum Gasteiger partial charge on any atom is 0.234 e. The van der Waals surface area contributed by atoms with Crippen molar-refractivity contribution in [3.63, 3.8) is 0 Å². The first-order valence-electron chi connectivity index (χ1n) is 7.44. The number of benzene rings is 1. The number of aromatic amines is 1. The number of H-pyrrole nitrogens is 1. The van der Waals surface area contributed by atoms with Crippen molar-refractivity contribution in [2.24, 2.45) is 11.5 Å². The average Bonchev–Trinajstić information content (AvgIpc) is 3.17. The summed E-state index contributed by atoms with van der Waals surface area (Å²) in [7, 11) is 0. The molecule has 0 fully saturated rings. The molecule has 4 aromatic rings.